The summed E-state index contributed by atoms with van der Waals surface area (Å²) in [6.07, 6.45) is 2.90. The van der Waals surface area contributed by atoms with Crippen molar-refractivity contribution in [1.29, 1.82) is 0 Å². The number of hydrogen-bond donors (Lipinski definition) is 3. The highest BCUT2D eigenvalue weighted by molar-refractivity contribution is 6.12. The molecule has 1 atom stereocenters. The number of aliphatic carboxylic acids is 1. The van der Waals surface area contributed by atoms with Crippen LogP contribution in [-0.2, 0) is 4.79 Å². The molecule has 0 bridgehead atoms. The third kappa shape index (κ3) is 7.81. The Morgan fingerprint density at radius 2 is 1.57 bits per heavy atom. The molecule has 0 aliphatic rings. The van der Waals surface area contributed by atoms with Gasteiger partial charge in [-0.3, -0.25) is 14.5 Å². The van der Waals surface area contributed by atoms with E-state index in [0.717, 1.165) is 30.4 Å². The predicted octanol–water partition coefficient (Wildman–Crippen LogP) is 6.94. The van der Waals surface area contributed by atoms with Crippen molar-refractivity contribution in [3.8, 4) is 11.3 Å². The predicted molar refractivity (Wildman–Crippen MR) is 166 cm³/mol. The van der Waals surface area contributed by atoms with E-state index in [2.05, 4.69) is 22.5 Å². The van der Waals surface area contributed by atoms with Gasteiger partial charge in [0, 0.05) is 36.0 Å². The number of carboxylic acid groups (broad SMARTS) is 1. The van der Waals surface area contributed by atoms with Crippen molar-refractivity contribution in [2.45, 2.75) is 38.6 Å². The smallest absolute Gasteiger partial charge is 0.322 e. The highest BCUT2D eigenvalue weighted by Crippen LogP contribution is 2.29. The summed E-state index contributed by atoms with van der Waals surface area (Å²) < 4.78 is 0. The summed E-state index contributed by atoms with van der Waals surface area (Å²) in [5, 5.41) is 15.9. The normalized spacial score (nSPS) is 11.4. The quantitative estimate of drug-likeness (QED) is 0.120. The summed E-state index contributed by atoms with van der Waals surface area (Å²) in [7, 11) is 1.69. The Hall–Kier alpha value is -4.98. The Morgan fingerprint density at radius 1 is 0.857 bits per heavy atom. The van der Waals surface area contributed by atoms with E-state index in [-0.39, 0.29) is 18.2 Å². The molecule has 0 unspecified atom stereocenters. The number of urea groups is 1. The molecule has 0 saturated heterocycles. The lowest BCUT2D eigenvalue weighted by Gasteiger charge is -2.21. The highest BCUT2D eigenvalue weighted by atomic mass is 16.4. The van der Waals surface area contributed by atoms with E-state index >= 15 is 0 Å². The largest absolute Gasteiger partial charge is 0.481 e. The van der Waals surface area contributed by atoms with Gasteiger partial charge in [0.1, 0.15) is 5.82 Å². The van der Waals surface area contributed by atoms with Crippen molar-refractivity contribution >= 4 is 29.3 Å². The fraction of sp³-hybridized carbons (Fsp3) is 0.235. The molecule has 216 valence electrons. The number of carbonyl (C=O) groups is 3. The first-order valence-corrected chi connectivity index (χ1v) is 14.1. The van der Waals surface area contributed by atoms with Gasteiger partial charge >= 0.3 is 12.0 Å². The van der Waals surface area contributed by atoms with Crippen molar-refractivity contribution in [2.75, 3.05) is 23.8 Å². The molecule has 1 heterocycles. The van der Waals surface area contributed by atoms with Crippen molar-refractivity contribution in [1.82, 2.24) is 10.3 Å². The van der Waals surface area contributed by atoms with E-state index in [4.69, 9.17) is 0 Å². The molecule has 0 radical (unpaired) electrons. The first-order valence-electron chi connectivity index (χ1n) is 14.1. The summed E-state index contributed by atoms with van der Waals surface area (Å²) >= 11 is 0. The Morgan fingerprint density at radius 3 is 2.29 bits per heavy atom. The molecule has 1 aromatic heterocycles. The molecule has 3 aromatic carbocycles. The second-order valence-corrected chi connectivity index (χ2v) is 10.0. The Kier molecular flexibility index (Phi) is 10.4. The van der Waals surface area contributed by atoms with Gasteiger partial charge < -0.3 is 15.7 Å². The monoisotopic (exact) mass is 564 g/mol. The summed E-state index contributed by atoms with van der Waals surface area (Å²) in [5.74, 6) is -0.586. The van der Waals surface area contributed by atoms with Gasteiger partial charge in [-0.2, -0.15) is 0 Å². The van der Waals surface area contributed by atoms with Crippen LogP contribution in [0.25, 0.3) is 11.3 Å². The second-order valence-electron chi connectivity index (χ2n) is 10.0. The van der Waals surface area contributed by atoms with Crippen LogP contribution in [0.1, 0.15) is 60.1 Å². The first kappa shape index (κ1) is 30.0. The average Bonchev–Trinajstić information content (AvgIpc) is 3.02. The van der Waals surface area contributed by atoms with Crippen LogP contribution in [0.2, 0.25) is 0 Å². The number of rotatable bonds is 13. The van der Waals surface area contributed by atoms with Crippen LogP contribution < -0.4 is 15.5 Å². The average molecular weight is 565 g/mol. The zero-order valence-electron chi connectivity index (χ0n) is 23.9. The van der Waals surface area contributed by atoms with Crippen molar-refractivity contribution in [3.05, 3.63) is 114 Å². The number of ketones is 1. The van der Waals surface area contributed by atoms with E-state index in [9.17, 15) is 19.5 Å². The van der Waals surface area contributed by atoms with Gasteiger partial charge in [-0.15, -0.1) is 0 Å². The number of carbonyl (C=O) groups excluding carboxylic acids is 2. The van der Waals surface area contributed by atoms with Crippen LogP contribution >= 0.6 is 0 Å². The van der Waals surface area contributed by atoms with Gasteiger partial charge in [0.25, 0.3) is 0 Å². The number of nitrogens with one attached hydrogen (secondary N) is 2. The summed E-state index contributed by atoms with van der Waals surface area (Å²) in [4.78, 5) is 43.7. The number of nitrogens with zero attached hydrogens (tertiary/aromatic N) is 2. The van der Waals surface area contributed by atoms with E-state index in [1.54, 1.807) is 43.4 Å². The van der Waals surface area contributed by atoms with Crippen molar-refractivity contribution in [3.63, 3.8) is 0 Å². The molecule has 4 aromatic rings. The number of benzene rings is 3. The van der Waals surface area contributed by atoms with Crippen molar-refractivity contribution in [2.24, 2.45) is 0 Å². The molecule has 4 rings (SSSR count). The van der Waals surface area contributed by atoms with Gasteiger partial charge in [0.15, 0.2) is 5.78 Å². The number of para-hydroxylation sites is 1. The molecular formula is C34H36N4O4. The van der Waals surface area contributed by atoms with Gasteiger partial charge in [-0.05, 0) is 36.2 Å². The third-order valence-corrected chi connectivity index (χ3v) is 6.96. The summed E-state index contributed by atoms with van der Waals surface area (Å²) in [5.41, 5.74) is 3.85. The fourth-order valence-corrected chi connectivity index (χ4v) is 4.62. The van der Waals surface area contributed by atoms with Crippen LogP contribution in [0, 0.1) is 0 Å². The minimum Gasteiger partial charge on any atom is -0.481 e. The lowest BCUT2D eigenvalue weighted by molar-refractivity contribution is -0.137. The second kappa shape index (κ2) is 14.6. The molecule has 0 spiro atoms. The first-order chi connectivity index (χ1) is 20.4. The summed E-state index contributed by atoms with van der Waals surface area (Å²) in [6.45, 7) is 2.74. The van der Waals surface area contributed by atoms with Gasteiger partial charge in [-0.1, -0.05) is 92.6 Å². The number of anilines is 2. The Balaban J connectivity index is 1.53. The van der Waals surface area contributed by atoms with E-state index in [0.29, 0.717) is 34.9 Å². The minimum atomic E-state index is -0.964. The van der Waals surface area contributed by atoms with Crippen molar-refractivity contribution < 1.29 is 19.5 Å². The van der Waals surface area contributed by atoms with Crippen LogP contribution in [0.5, 0.6) is 0 Å². The Labute approximate surface area is 246 Å². The SMILES string of the molecule is CCCCCNC(=O)N(C)c1cccc(-c2ccc([C@H](CC(=O)O)Nc3ccccc3C(=O)c3ccccc3)cc2)n1. The van der Waals surface area contributed by atoms with Crippen LogP contribution in [-0.4, -0.2) is 41.5 Å². The van der Waals surface area contributed by atoms with Gasteiger partial charge in [0.2, 0.25) is 0 Å². The highest BCUT2D eigenvalue weighted by Gasteiger charge is 2.20. The molecule has 8 nitrogen and oxygen atoms in total. The van der Waals surface area contributed by atoms with Gasteiger partial charge in [0.05, 0.1) is 18.2 Å². The Bertz CT molecular complexity index is 1510. The molecule has 2 amide bonds. The molecule has 42 heavy (non-hydrogen) atoms. The van der Waals surface area contributed by atoms with Crippen LogP contribution in [0.4, 0.5) is 16.3 Å². The van der Waals surface area contributed by atoms with E-state index in [1.807, 2.05) is 60.7 Å². The van der Waals surface area contributed by atoms with E-state index in [1.165, 1.54) is 4.90 Å². The maximum absolute atomic E-state index is 13.2. The maximum atomic E-state index is 13.2. The molecule has 3 N–H and O–H groups in total. The fourth-order valence-electron chi connectivity index (χ4n) is 4.62. The molecule has 0 saturated carbocycles. The number of carboxylic acids is 1. The number of hydrogen-bond acceptors (Lipinski definition) is 5. The lowest BCUT2D eigenvalue weighted by Crippen LogP contribution is -2.38. The molecule has 0 aliphatic carbocycles. The number of unbranched alkanes of at least 4 members (excludes halogenated alkanes) is 2. The number of pyridine rings is 1. The minimum absolute atomic E-state index is 0.145. The van der Waals surface area contributed by atoms with Crippen LogP contribution in [0.3, 0.4) is 0 Å². The number of aromatic nitrogens is 1. The molecule has 0 fully saturated rings. The zero-order valence-corrected chi connectivity index (χ0v) is 23.9. The summed E-state index contributed by atoms with van der Waals surface area (Å²) in [6, 6.07) is 28.3. The van der Waals surface area contributed by atoms with Crippen LogP contribution in [0.15, 0.2) is 97.1 Å². The van der Waals surface area contributed by atoms with Gasteiger partial charge in [-0.25, -0.2) is 9.78 Å². The molecule has 8 heteroatoms. The lowest BCUT2D eigenvalue weighted by atomic mass is 9.98. The maximum Gasteiger partial charge on any atom is 0.322 e. The molecule has 0 aliphatic heterocycles. The standard InChI is InChI=1S/C34H36N4O4/c1-3-4-10-22-35-34(42)38(2)31-17-11-16-28(37-31)24-18-20-25(21-19-24)30(23-32(39)40)36-29-15-9-8-14-27(29)33(41)26-12-6-5-7-13-26/h5-9,11-21,30,36H,3-4,10,22-23H2,1-2H3,(H,35,42)(H,39,40)/t30-/m0/s1. The molecular weight excluding hydrogens is 528 g/mol. The zero-order chi connectivity index (χ0) is 29.9. The third-order valence-electron chi connectivity index (χ3n) is 6.96. The number of amides is 2. The van der Waals surface area contributed by atoms with E-state index < -0.39 is 12.0 Å². The topological polar surface area (TPSA) is 112 Å².